The molecule has 6 heteroatoms. The van der Waals surface area contributed by atoms with Crippen molar-refractivity contribution < 1.29 is 9.90 Å². The molecule has 1 aliphatic rings. The highest BCUT2D eigenvalue weighted by Crippen LogP contribution is 2.31. The summed E-state index contributed by atoms with van der Waals surface area (Å²) in [5, 5.41) is 14.2. The number of likely N-dealkylation sites (N-methyl/N-ethyl adjacent to an activating group) is 1. The Labute approximate surface area is 162 Å². The van der Waals surface area contributed by atoms with Gasteiger partial charge in [0.2, 0.25) is 0 Å². The molecule has 0 spiro atoms. The number of para-hydroxylation sites is 1. The number of hydrogen-bond donors (Lipinski definition) is 2. The molecule has 0 unspecified atom stereocenters. The Hall–Kier alpha value is -2.63. The maximum Gasteiger partial charge on any atom is 0.256 e. The van der Waals surface area contributed by atoms with Crippen LogP contribution in [0.2, 0.25) is 5.02 Å². The number of amides is 1. The lowest BCUT2D eigenvalue weighted by molar-refractivity contribution is 0.102. The molecule has 0 saturated heterocycles. The number of benzene rings is 2. The van der Waals surface area contributed by atoms with Gasteiger partial charge in [0.05, 0.1) is 16.8 Å². The molecule has 0 saturated carbocycles. The highest BCUT2D eigenvalue weighted by molar-refractivity contribution is 6.31. The summed E-state index contributed by atoms with van der Waals surface area (Å²) in [6, 6.07) is 12.3. The number of nitrogens with one attached hydrogen (secondary N) is 1. The van der Waals surface area contributed by atoms with Crippen LogP contribution >= 0.6 is 11.6 Å². The average molecular weight is 382 g/mol. The van der Waals surface area contributed by atoms with E-state index < -0.39 is 0 Å². The van der Waals surface area contributed by atoms with Crippen LogP contribution in [-0.4, -0.2) is 34.0 Å². The number of fused-ring (bicyclic) bond motifs is 2. The fourth-order valence-corrected chi connectivity index (χ4v) is 3.74. The molecule has 138 valence electrons. The van der Waals surface area contributed by atoms with Gasteiger partial charge in [-0.05, 0) is 30.8 Å². The van der Waals surface area contributed by atoms with Gasteiger partial charge in [-0.1, -0.05) is 36.7 Å². The molecule has 1 aliphatic heterocycles. The van der Waals surface area contributed by atoms with Gasteiger partial charge in [0.1, 0.15) is 5.75 Å². The fraction of sp³-hybridized carbons (Fsp3) is 0.238. The maximum atomic E-state index is 13.2. The molecule has 3 aromatic rings. The Kier molecular flexibility index (Phi) is 4.72. The number of aromatic nitrogens is 1. The zero-order valence-corrected chi connectivity index (χ0v) is 15.8. The smallest absolute Gasteiger partial charge is 0.256 e. The molecule has 2 N–H and O–H groups in total. The van der Waals surface area contributed by atoms with E-state index in [0.717, 1.165) is 41.7 Å². The summed E-state index contributed by atoms with van der Waals surface area (Å²) in [6.07, 6.45) is 0.816. The number of carbonyl (C=O) groups excluding carboxylic acids is 1. The average Bonchev–Trinajstić information content (AvgIpc) is 2.68. The molecule has 4 rings (SSSR count). The molecule has 1 amide bonds. The number of phenolic OH excluding ortho intramolecular Hbond substituents is 1. The molecule has 27 heavy (non-hydrogen) atoms. The van der Waals surface area contributed by atoms with Crippen molar-refractivity contribution in [1.82, 2.24) is 9.88 Å². The normalized spacial score (nSPS) is 14.1. The van der Waals surface area contributed by atoms with E-state index in [1.54, 1.807) is 12.1 Å². The first kappa shape index (κ1) is 17.8. The van der Waals surface area contributed by atoms with Crippen molar-refractivity contribution in [2.24, 2.45) is 0 Å². The standard InChI is InChI=1S/C21H20ClN3O2/c1-2-25-10-9-17-15(12-25)20(14-5-3-4-6-16(14)23-17)21(27)24-18-11-13(22)7-8-19(18)26/h3-8,11,26H,2,9-10,12H2,1H3,(H,24,27). The van der Waals surface area contributed by atoms with Crippen LogP contribution in [0.15, 0.2) is 42.5 Å². The fourth-order valence-electron chi connectivity index (χ4n) is 3.57. The van der Waals surface area contributed by atoms with Crippen molar-refractivity contribution in [3.8, 4) is 5.75 Å². The molecule has 5 nitrogen and oxygen atoms in total. The number of nitrogens with zero attached hydrogens (tertiary/aromatic N) is 2. The number of halogens is 1. The van der Waals surface area contributed by atoms with Crippen LogP contribution in [0.3, 0.4) is 0 Å². The first-order chi connectivity index (χ1) is 13.1. The van der Waals surface area contributed by atoms with Crippen LogP contribution in [0.5, 0.6) is 5.75 Å². The summed E-state index contributed by atoms with van der Waals surface area (Å²) in [6.45, 7) is 4.66. The lowest BCUT2D eigenvalue weighted by Crippen LogP contribution is -2.33. The number of aromatic hydroxyl groups is 1. The molecule has 2 heterocycles. The molecule has 1 aromatic heterocycles. The van der Waals surface area contributed by atoms with Gasteiger partial charge in [-0.3, -0.25) is 14.7 Å². The van der Waals surface area contributed by atoms with Crippen molar-refractivity contribution in [3.63, 3.8) is 0 Å². The summed E-state index contributed by atoms with van der Waals surface area (Å²) in [4.78, 5) is 20.3. The van der Waals surface area contributed by atoms with Crippen LogP contribution < -0.4 is 5.32 Å². The molecule has 0 radical (unpaired) electrons. The largest absolute Gasteiger partial charge is 0.506 e. The summed E-state index contributed by atoms with van der Waals surface area (Å²) >= 11 is 6.02. The third-order valence-electron chi connectivity index (χ3n) is 5.01. The predicted octanol–water partition coefficient (Wildman–Crippen LogP) is 4.22. The number of hydrogen-bond acceptors (Lipinski definition) is 4. The molecular formula is C21H20ClN3O2. The Morgan fingerprint density at radius 2 is 2.11 bits per heavy atom. The molecule has 0 aliphatic carbocycles. The van der Waals surface area contributed by atoms with Gasteiger partial charge in [0, 0.05) is 41.2 Å². The van der Waals surface area contributed by atoms with Gasteiger partial charge in [0.15, 0.2) is 0 Å². The maximum absolute atomic E-state index is 13.2. The van der Waals surface area contributed by atoms with E-state index in [2.05, 4.69) is 17.1 Å². The van der Waals surface area contributed by atoms with Gasteiger partial charge in [-0.25, -0.2) is 0 Å². The minimum Gasteiger partial charge on any atom is -0.506 e. The summed E-state index contributed by atoms with van der Waals surface area (Å²) in [5.74, 6) is -0.282. The van der Waals surface area contributed by atoms with Gasteiger partial charge in [-0.2, -0.15) is 0 Å². The molecule has 0 bridgehead atoms. The van der Waals surface area contributed by atoms with E-state index in [9.17, 15) is 9.90 Å². The predicted molar refractivity (Wildman–Crippen MR) is 107 cm³/mol. The zero-order valence-electron chi connectivity index (χ0n) is 15.0. The first-order valence-electron chi connectivity index (χ1n) is 8.99. The lowest BCUT2D eigenvalue weighted by Gasteiger charge is -2.29. The van der Waals surface area contributed by atoms with Crippen molar-refractivity contribution in [2.45, 2.75) is 19.9 Å². The van der Waals surface area contributed by atoms with E-state index in [4.69, 9.17) is 16.6 Å². The SMILES string of the molecule is CCN1CCc2nc3ccccc3c(C(=O)Nc3cc(Cl)ccc3O)c2C1. The summed E-state index contributed by atoms with van der Waals surface area (Å²) in [5.41, 5.74) is 3.65. The summed E-state index contributed by atoms with van der Waals surface area (Å²) in [7, 11) is 0. The number of phenols is 1. The quantitative estimate of drug-likeness (QED) is 0.666. The van der Waals surface area contributed by atoms with Gasteiger partial charge < -0.3 is 10.4 Å². The molecule has 0 fully saturated rings. The summed E-state index contributed by atoms with van der Waals surface area (Å²) < 4.78 is 0. The van der Waals surface area contributed by atoms with Crippen LogP contribution in [0.4, 0.5) is 5.69 Å². The Morgan fingerprint density at radius 1 is 1.30 bits per heavy atom. The van der Waals surface area contributed by atoms with Gasteiger partial charge >= 0.3 is 0 Å². The molecular weight excluding hydrogens is 362 g/mol. The van der Waals surface area contributed by atoms with E-state index >= 15 is 0 Å². The molecule has 2 aromatic carbocycles. The highest BCUT2D eigenvalue weighted by atomic mass is 35.5. The van der Waals surface area contributed by atoms with Crippen molar-refractivity contribution in [3.05, 3.63) is 64.3 Å². The highest BCUT2D eigenvalue weighted by Gasteiger charge is 2.25. The second-order valence-corrected chi connectivity index (χ2v) is 7.10. The van der Waals surface area contributed by atoms with E-state index in [-0.39, 0.29) is 11.7 Å². The minimum atomic E-state index is -0.264. The monoisotopic (exact) mass is 381 g/mol. The Bertz CT molecular complexity index is 1040. The number of pyridine rings is 1. The topological polar surface area (TPSA) is 65.5 Å². The van der Waals surface area contributed by atoms with Gasteiger partial charge in [0.25, 0.3) is 5.91 Å². The van der Waals surface area contributed by atoms with Crippen molar-refractivity contribution >= 4 is 34.1 Å². The second-order valence-electron chi connectivity index (χ2n) is 6.66. The Balaban J connectivity index is 1.84. The third kappa shape index (κ3) is 3.36. The first-order valence-corrected chi connectivity index (χ1v) is 9.37. The van der Waals surface area contributed by atoms with E-state index in [1.807, 2.05) is 24.3 Å². The zero-order chi connectivity index (χ0) is 19.0. The number of anilines is 1. The van der Waals surface area contributed by atoms with E-state index in [1.165, 1.54) is 6.07 Å². The van der Waals surface area contributed by atoms with E-state index in [0.29, 0.717) is 22.8 Å². The van der Waals surface area contributed by atoms with Crippen LogP contribution in [-0.2, 0) is 13.0 Å². The molecule has 0 atom stereocenters. The second kappa shape index (κ2) is 7.18. The van der Waals surface area contributed by atoms with Crippen molar-refractivity contribution in [1.29, 1.82) is 0 Å². The number of rotatable bonds is 3. The minimum absolute atomic E-state index is 0.0184. The van der Waals surface area contributed by atoms with Crippen molar-refractivity contribution in [2.75, 3.05) is 18.4 Å². The number of carbonyl (C=O) groups is 1. The van der Waals surface area contributed by atoms with Gasteiger partial charge in [-0.15, -0.1) is 0 Å². The van der Waals surface area contributed by atoms with Crippen LogP contribution in [0, 0.1) is 0 Å². The third-order valence-corrected chi connectivity index (χ3v) is 5.24. The lowest BCUT2D eigenvalue weighted by atomic mass is 9.95. The van der Waals surface area contributed by atoms with Crippen LogP contribution in [0.25, 0.3) is 10.9 Å². The Morgan fingerprint density at radius 3 is 2.93 bits per heavy atom. The van der Waals surface area contributed by atoms with Crippen LogP contribution in [0.1, 0.15) is 28.5 Å².